The number of anilines is 1. The number of hydrogen-bond acceptors (Lipinski definition) is 4. The highest BCUT2D eigenvalue weighted by atomic mass is 16.3. The van der Waals surface area contributed by atoms with E-state index in [0.29, 0.717) is 29.7 Å². The number of piperidine rings is 1. The Labute approximate surface area is 189 Å². The number of nitrogens with zero attached hydrogens (tertiary/aromatic N) is 3. The Hall–Kier alpha value is -3.06. The van der Waals surface area contributed by atoms with E-state index in [-0.39, 0.29) is 11.9 Å². The van der Waals surface area contributed by atoms with Gasteiger partial charge < -0.3 is 15.7 Å². The fourth-order valence-electron chi connectivity index (χ4n) is 4.83. The summed E-state index contributed by atoms with van der Waals surface area (Å²) < 4.78 is 0. The summed E-state index contributed by atoms with van der Waals surface area (Å²) in [7, 11) is 0. The van der Waals surface area contributed by atoms with Crippen LogP contribution in [0.3, 0.4) is 0 Å². The van der Waals surface area contributed by atoms with Gasteiger partial charge in [-0.3, -0.25) is 15.2 Å². The first-order valence-electron chi connectivity index (χ1n) is 11.4. The predicted octanol–water partition coefficient (Wildman–Crippen LogP) is 3.47. The molecular weight excluding hydrogens is 402 g/mol. The number of carbonyl (C=O) groups is 1. The number of phenolic OH excluding ortho intramolecular Hbond substituents is 1. The van der Waals surface area contributed by atoms with Crippen molar-refractivity contribution in [2.45, 2.75) is 26.3 Å². The van der Waals surface area contributed by atoms with Crippen LogP contribution in [-0.4, -0.2) is 59.5 Å². The van der Waals surface area contributed by atoms with Crippen LogP contribution in [0.25, 0.3) is 0 Å². The third kappa shape index (κ3) is 5.22. The van der Waals surface area contributed by atoms with Gasteiger partial charge in [-0.1, -0.05) is 31.2 Å². The number of nitrogens with one attached hydrogen (secondary N) is 1. The highest BCUT2D eigenvalue weighted by Gasteiger charge is 2.33. The van der Waals surface area contributed by atoms with E-state index in [1.807, 2.05) is 40.1 Å². The first-order valence-corrected chi connectivity index (χ1v) is 11.4. The highest BCUT2D eigenvalue weighted by molar-refractivity contribution is 5.98. The third-order valence-electron chi connectivity index (χ3n) is 6.50. The quantitative estimate of drug-likeness (QED) is 0.478. The molecule has 0 aromatic heterocycles. The molecule has 7 heteroatoms. The standard InChI is InChI=1S/C25H33N5O2/c1-18-14-29(25(32)30(15-18)22-6-3-5-21(13-22)24(26)27)17-19-8-10-28(11-9-19)16-20-4-2-7-23(31)12-20/h2-7,12-13,18-19,31H,8-11,14-17H2,1H3,(H3,26,27). The second-order valence-corrected chi connectivity index (χ2v) is 9.26. The second kappa shape index (κ2) is 9.61. The highest BCUT2D eigenvalue weighted by Crippen LogP contribution is 2.27. The lowest BCUT2D eigenvalue weighted by molar-refractivity contribution is 0.131. The maximum atomic E-state index is 13.3. The Morgan fingerprint density at radius 1 is 1.12 bits per heavy atom. The average Bonchev–Trinajstić information content (AvgIpc) is 2.77. The molecule has 2 fully saturated rings. The van der Waals surface area contributed by atoms with E-state index in [2.05, 4.69) is 17.9 Å². The van der Waals surface area contributed by atoms with Gasteiger partial charge in [-0.05, 0) is 67.6 Å². The largest absolute Gasteiger partial charge is 0.508 e. The molecule has 170 valence electrons. The Bertz CT molecular complexity index is 970. The van der Waals surface area contributed by atoms with Gasteiger partial charge in [-0.15, -0.1) is 0 Å². The number of amidine groups is 1. The molecule has 1 unspecified atom stereocenters. The van der Waals surface area contributed by atoms with E-state index >= 15 is 0 Å². The molecule has 2 heterocycles. The summed E-state index contributed by atoms with van der Waals surface area (Å²) in [4.78, 5) is 19.6. The Morgan fingerprint density at radius 2 is 1.88 bits per heavy atom. The zero-order chi connectivity index (χ0) is 22.7. The lowest BCUT2D eigenvalue weighted by Gasteiger charge is -2.42. The van der Waals surface area contributed by atoms with Crippen molar-refractivity contribution in [3.05, 3.63) is 59.7 Å². The lowest BCUT2D eigenvalue weighted by Crippen LogP contribution is -2.54. The SMILES string of the molecule is CC1CN(CC2CCN(Cc3cccc(O)c3)CC2)C(=O)N(c2cccc(C(=N)N)c2)C1. The van der Waals surface area contributed by atoms with Crippen LogP contribution in [0.4, 0.5) is 10.5 Å². The minimum absolute atomic E-state index is 0.0127. The van der Waals surface area contributed by atoms with Crippen LogP contribution in [0.1, 0.15) is 30.9 Å². The number of aromatic hydroxyl groups is 1. The van der Waals surface area contributed by atoms with Crippen molar-refractivity contribution in [3.63, 3.8) is 0 Å². The molecule has 0 radical (unpaired) electrons. The van der Waals surface area contributed by atoms with Crippen LogP contribution in [0.15, 0.2) is 48.5 Å². The van der Waals surface area contributed by atoms with Crippen molar-refractivity contribution in [2.75, 3.05) is 37.6 Å². The molecule has 2 aromatic rings. The van der Waals surface area contributed by atoms with Crippen molar-refractivity contribution in [2.24, 2.45) is 17.6 Å². The van der Waals surface area contributed by atoms with Gasteiger partial charge in [0.25, 0.3) is 0 Å². The minimum atomic E-state index is 0.0127. The number of benzene rings is 2. The predicted molar refractivity (Wildman–Crippen MR) is 127 cm³/mol. The van der Waals surface area contributed by atoms with Crippen molar-refractivity contribution >= 4 is 17.6 Å². The summed E-state index contributed by atoms with van der Waals surface area (Å²) >= 11 is 0. The molecule has 2 aliphatic rings. The summed E-state index contributed by atoms with van der Waals surface area (Å²) in [6.45, 7) is 7.28. The van der Waals surface area contributed by atoms with Gasteiger partial charge in [0.15, 0.2) is 0 Å². The van der Waals surface area contributed by atoms with E-state index in [9.17, 15) is 9.90 Å². The van der Waals surface area contributed by atoms with Crippen LogP contribution >= 0.6 is 0 Å². The van der Waals surface area contributed by atoms with E-state index in [1.165, 1.54) is 0 Å². The van der Waals surface area contributed by atoms with Gasteiger partial charge in [0, 0.05) is 37.4 Å². The summed E-state index contributed by atoms with van der Waals surface area (Å²) in [5, 5.41) is 17.4. The van der Waals surface area contributed by atoms with Crippen molar-refractivity contribution < 1.29 is 9.90 Å². The monoisotopic (exact) mass is 435 g/mol. The van der Waals surface area contributed by atoms with Crippen molar-refractivity contribution in [3.8, 4) is 5.75 Å². The third-order valence-corrected chi connectivity index (χ3v) is 6.50. The molecule has 2 amide bonds. The molecule has 0 spiro atoms. The normalized spacial score (nSPS) is 20.5. The van der Waals surface area contributed by atoms with E-state index in [4.69, 9.17) is 11.1 Å². The average molecular weight is 436 g/mol. The molecule has 7 nitrogen and oxygen atoms in total. The maximum absolute atomic E-state index is 13.3. The molecule has 4 rings (SSSR count). The number of rotatable bonds is 6. The fourth-order valence-corrected chi connectivity index (χ4v) is 4.83. The van der Waals surface area contributed by atoms with Crippen LogP contribution in [-0.2, 0) is 6.54 Å². The van der Waals surface area contributed by atoms with E-state index < -0.39 is 0 Å². The minimum Gasteiger partial charge on any atom is -0.508 e. The van der Waals surface area contributed by atoms with Gasteiger partial charge in [-0.2, -0.15) is 0 Å². The first-order chi connectivity index (χ1) is 15.4. The van der Waals surface area contributed by atoms with Crippen molar-refractivity contribution in [1.82, 2.24) is 9.80 Å². The topological polar surface area (TPSA) is 96.9 Å². The van der Waals surface area contributed by atoms with Crippen LogP contribution in [0.5, 0.6) is 5.75 Å². The number of carbonyl (C=O) groups excluding carboxylic acids is 1. The maximum Gasteiger partial charge on any atom is 0.324 e. The van der Waals surface area contributed by atoms with Gasteiger partial charge >= 0.3 is 6.03 Å². The second-order valence-electron chi connectivity index (χ2n) is 9.26. The zero-order valence-electron chi connectivity index (χ0n) is 18.7. The molecule has 0 bridgehead atoms. The number of likely N-dealkylation sites (tertiary alicyclic amines) is 1. The summed E-state index contributed by atoms with van der Waals surface area (Å²) in [6.07, 6.45) is 2.13. The van der Waals surface area contributed by atoms with Crippen LogP contribution < -0.4 is 10.6 Å². The number of urea groups is 1. The molecular formula is C25H33N5O2. The molecule has 0 aliphatic carbocycles. The van der Waals surface area contributed by atoms with Gasteiger partial charge in [-0.25, -0.2) is 4.79 Å². The molecule has 2 aliphatic heterocycles. The lowest BCUT2D eigenvalue weighted by atomic mass is 9.95. The van der Waals surface area contributed by atoms with Crippen molar-refractivity contribution in [1.29, 1.82) is 5.41 Å². The van der Waals surface area contributed by atoms with Gasteiger partial charge in [0.05, 0.1) is 0 Å². The van der Waals surface area contributed by atoms with Crippen LogP contribution in [0.2, 0.25) is 0 Å². The zero-order valence-corrected chi connectivity index (χ0v) is 18.7. The summed E-state index contributed by atoms with van der Waals surface area (Å²) in [6, 6.07) is 14.9. The Morgan fingerprint density at radius 3 is 2.59 bits per heavy atom. The van der Waals surface area contributed by atoms with Crippen LogP contribution in [0, 0.1) is 17.2 Å². The Balaban J connectivity index is 1.35. The number of nitrogens with two attached hydrogens (primary N) is 1. The smallest absolute Gasteiger partial charge is 0.324 e. The van der Waals surface area contributed by atoms with E-state index in [1.54, 1.807) is 12.1 Å². The molecule has 32 heavy (non-hydrogen) atoms. The number of nitrogen functional groups attached to an aromatic ring is 1. The number of phenols is 1. The van der Waals surface area contributed by atoms with Gasteiger partial charge in [0.2, 0.25) is 0 Å². The van der Waals surface area contributed by atoms with E-state index in [0.717, 1.165) is 56.8 Å². The molecule has 4 N–H and O–H groups in total. The summed E-state index contributed by atoms with van der Waals surface area (Å²) in [5.74, 6) is 1.20. The molecule has 2 aromatic carbocycles. The first kappa shape index (κ1) is 22.1. The summed E-state index contributed by atoms with van der Waals surface area (Å²) in [5.41, 5.74) is 8.22. The Kier molecular flexibility index (Phi) is 6.65. The molecule has 1 atom stereocenters. The number of amides is 2. The van der Waals surface area contributed by atoms with Gasteiger partial charge in [0.1, 0.15) is 11.6 Å². The molecule has 0 saturated carbocycles. The fraction of sp³-hybridized carbons (Fsp3) is 0.440. The number of hydrogen-bond donors (Lipinski definition) is 3. The molecule has 2 saturated heterocycles.